The van der Waals surface area contributed by atoms with Gasteiger partial charge < -0.3 is 42.6 Å². The van der Waals surface area contributed by atoms with E-state index in [1.54, 1.807) is 0 Å². The van der Waals surface area contributed by atoms with Crippen LogP contribution in [0.25, 0.3) is 0 Å². The van der Waals surface area contributed by atoms with Gasteiger partial charge in [0.1, 0.15) is 30.7 Å². The first-order chi connectivity index (χ1) is 19.2. The fraction of sp³-hybridized carbons (Fsp3) is 0.720. The fourth-order valence-corrected chi connectivity index (χ4v) is 5.19. The number of ether oxygens (including phenoxy) is 9. The summed E-state index contributed by atoms with van der Waals surface area (Å²) in [6.45, 7) is 4.96. The van der Waals surface area contributed by atoms with Gasteiger partial charge in [-0.25, -0.2) is 0 Å². The third-order valence-electron chi connectivity index (χ3n) is 6.54. The summed E-state index contributed by atoms with van der Waals surface area (Å²) in [6.07, 6.45) is -10.9. The van der Waals surface area contributed by atoms with E-state index < -0.39 is 109 Å². The first-order valence-electron chi connectivity index (χ1n) is 12.6. The summed E-state index contributed by atoms with van der Waals surface area (Å²) in [7, 11) is 1.08. The van der Waals surface area contributed by atoms with Crippen LogP contribution in [0.15, 0.2) is 0 Å². The summed E-state index contributed by atoms with van der Waals surface area (Å²) in [4.78, 5) is 84.9. The molecule has 16 nitrogen and oxygen atoms in total. The maximum Gasteiger partial charge on any atom is 0.314 e. The Labute approximate surface area is 234 Å². The standard InChI is InChI=1S/C25H32O16/c1-9(26)34-8-16-20(36-11(3)28)21(37-12(4)29)22(38-13(5)30)25(41-16)40-14-7-15-19(35-10(2)27)18(24(32)39-15)17(14)23(31)33-6/h14-22,25H,7-8H2,1-6H3/t14-,15+,16+,17-,18-,19-,20+,21-,22+,25+/m0/s1. The number of hydrogen-bond donors (Lipinski definition) is 0. The first-order valence-corrected chi connectivity index (χ1v) is 12.6. The number of carbonyl (C=O) groups excluding carboxylic acids is 7. The number of esters is 7. The van der Waals surface area contributed by atoms with Crippen molar-refractivity contribution >= 4 is 41.8 Å². The second-order valence-electron chi connectivity index (χ2n) is 9.60. The highest BCUT2D eigenvalue weighted by Gasteiger charge is 2.62. The van der Waals surface area contributed by atoms with Crippen molar-refractivity contribution in [3.8, 4) is 0 Å². The zero-order chi connectivity index (χ0) is 30.6. The lowest BCUT2D eigenvalue weighted by atomic mass is 9.75. The molecule has 228 valence electrons. The van der Waals surface area contributed by atoms with Crippen molar-refractivity contribution in [2.24, 2.45) is 11.8 Å². The van der Waals surface area contributed by atoms with Crippen LogP contribution in [-0.2, 0) is 76.2 Å². The van der Waals surface area contributed by atoms with Gasteiger partial charge in [0.15, 0.2) is 30.7 Å². The molecular formula is C25H32O16. The van der Waals surface area contributed by atoms with Crippen molar-refractivity contribution in [1.29, 1.82) is 0 Å². The molecule has 0 unspecified atom stereocenters. The second kappa shape index (κ2) is 13.2. The predicted octanol–water partition coefficient (Wildman–Crippen LogP) is -0.879. The van der Waals surface area contributed by atoms with Crippen LogP contribution in [0.3, 0.4) is 0 Å². The van der Waals surface area contributed by atoms with Gasteiger partial charge >= 0.3 is 41.8 Å². The number of methoxy groups -OCH3 is 1. The van der Waals surface area contributed by atoms with Crippen molar-refractivity contribution in [2.45, 2.75) is 90.1 Å². The molecule has 41 heavy (non-hydrogen) atoms. The Bertz CT molecular complexity index is 1070. The highest BCUT2D eigenvalue weighted by Crippen LogP contribution is 2.44. The van der Waals surface area contributed by atoms with Gasteiger partial charge in [0.2, 0.25) is 0 Å². The Kier molecular flexibility index (Phi) is 10.3. The fourth-order valence-electron chi connectivity index (χ4n) is 5.19. The largest absolute Gasteiger partial charge is 0.469 e. The lowest BCUT2D eigenvalue weighted by molar-refractivity contribution is -0.323. The van der Waals surface area contributed by atoms with E-state index in [0.717, 1.165) is 41.7 Å². The van der Waals surface area contributed by atoms with E-state index in [1.807, 2.05) is 0 Å². The maximum atomic E-state index is 12.9. The SMILES string of the molecule is COC(=O)[C@@H]1[C@@H]2C(=O)O[C@H](C[C@@H]1O[C@@H]1O[C@H](COC(C)=O)[C@@H](OC(C)=O)[C@H](OC(C)=O)[C@H]1OC(C)=O)[C@@H]2OC(C)=O. The van der Waals surface area contributed by atoms with Crippen molar-refractivity contribution < 1.29 is 76.2 Å². The van der Waals surface area contributed by atoms with Gasteiger partial charge in [-0.05, 0) is 0 Å². The van der Waals surface area contributed by atoms with Crippen LogP contribution < -0.4 is 0 Å². The summed E-state index contributed by atoms with van der Waals surface area (Å²) in [5.74, 6) is -8.28. The highest BCUT2D eigenvalue weighted by molar-refractivity contribution is 5.86. The van der Waals surface area contributed by atoms with Crippen LogP contribution in [0, 0.1) is 11.8 Å². The lowest BCUT2D eigenvalue weighted by Crippen LogP contribution is -2.64. The number of fused-ring (bicyclic) bond motifs is 2. The average Bonchev–Trinajstić information content (AvgIpc) is 3.05. The number of carbonyl (C=O) groups is 7. The van der Waals surface area contributed by atoms with E-state index in [1.165, 1.54) is 0 Å². The second-order valence-corrected chi connectivity index (χ2v) is 9.60. The number of hydrogen-bond acceptors (Lipinski definition) is 16. The molecule has 16 heteroatoms. The Morgan fingerprint density at radius 3 is 1.83 bits per heavy atom. The minimum atomic E-state index is -1.62. The van der Waals surface area contributed by atoms with Gasteiger partial charge in [0.05, 0.1) is 13.2 Å². The molecule has 2 heterocycles. The Morgan fingerprint density at radius 1 is 0.756 bits per heavy atom. The van der Waals surface area contributed by atoms with E-state index >= 15 is 0 Å². The Morgan fingerprint density at radius 2 is 1.29 bits per heavy atom. The van der Waals surface area contributed by atoms with Crippen LogP contribution in [-0.4, -0.2) is 105 Å². The topological polar surface area (TPSA) is 203 Å². The van der Waals surface area contributed by atoms with E-state index in [-0.39, 0.29) is 6.42 Å². The average molecular weight is 589 g/mol. The molecule has 0 aromatic carbocycles. The molecule has 3 aliphatic rings. The van der Waals surface area contributed by atoms with Crippen molar-refractivity contribution in [2.75, 3.05) is 13.7 Å². The van der Waals surface area contributed by atoms with Crippen LogP contribution in [0.5, 0.6) is 0 Å². The Balaban J connectivity index is 2.02. The molecule has 3 fully saturated rings. The first kappa shape index (κ1) is 31.7. The normalized spacial score (nSPS) is 34.0. The minimum Gasteiger partial charge on any atom is -0.469 e. The van der Waals surface area contributed by atoms with Crippen LogP contribution in [0.4, 0.5) is 0 Å². The zero-order valence-corrected chi connectivity index (χ0v) is 23.2. The molecule has 2 aliphatic heterocycles. The summed E-state index contributed by atoms with van der Waals surface area (Å²) in [6, 6.07) is 0. The highest BCUT2D eigenvalue weighted by atomic mass is 16.7. The molecule has 10 atom stereocenters. The van der Waals surface area contributed by atoms with Crippen molar-refractivity contribution in [3.63, 3.8) is 0 Å². The summed E-state index contributed by atoms with van der Waals surface area (Å²) >= 11 is 0. The Hall–Kier alpha value is -3.79. The summed E-state index contributed by atoms with van der Waals surface area (Å²) < 4.78 is 48.7. The predicted molar refractivity (Wildman–Crippen MR) is 126 cm³/mol. The molecule has 2 bridgehead atoms. The van der Waals surface area contributed by atoms with Crippen molar-refractivity contribution in [3.05, 3.63) is 0 Å². The molecule has 0 N–H and O–H groups in total. The summed E-state index contributed by atoms with van der Waals surface area (Å²) in [5, 5.41) is 0. The molecule has 0 spiro atoms. The molecular weight excluding hydrogens is 556 g/mol. The summed E-state index contributed by atoms with van der Waals surface area (Å²) in [5.41, 5.74) is 0. The van der Waals surface area contributed by atoms with Gasteiger partial charge in [0, 0.05) is 41.0 Å². The van der Waals surface area contributed by atoms with Gasteiger partial charge in [0.25, 0.3) is 0 Å². The van der Waals surface area contributed by atoms with Crippen molar-refractivity contribution in [1.82, 2.24) is 0 Å². The van der Waals surface area contributed by atoms with Crippen LogP contribution >= 0.6 is 0 Å². The third-order valence-corrected chi connectivity index (χ3v) is 6.54. The van der Waals surface area contributed by atoms with Crippen LogP contribution in [0.2, 0.25) is 0 Å². The van der Waals surface area contributed by atoms with E-state index in [0.29, 0.717) is 0 Å². The third kappa shape index (κ3) is 7.49. The smallest absolute Gasteiger partial charge is 0.314 e. The number of rotatable bonds is 9. The molecule has 0 aromatic heterocycles. The van der Waals surface area contributed by atoms with E-state index in [9.17, 15) is 33.6 Å². The molecule has 0 aromatic rings. The molecule has 2 saturated heterocycles. The molecule has 0 radical (unpaired) electrons. The van der Waals surface area contributed by atoms with E-state index in [4.69, 9.17) is 42.6 Å². The lowest BCUT2D eigenvalue weighted by Gasteiger charge is -2.46. The molecule has 3 rings (SSSR count). The minimum absolute atomic E-state index is 0.174. The van der Waals surface area contributed by atoms with Gasteiger partial charge in [-0.15, -0.1) is 0 Å². The quantitative estimate of drug-likeness (QED) is 0.237. The maximum absolute atomic E-state index is 12.9. The van der Waals surface area contributed by atoms with Gasteiger partial charge in [-0.1, -0.05) is 0 Å². The zero-order valence-electron chi connectivity index (χ0n) is 23.2. The molecule has 1 aliphatic carbocycles. The van der Waals surface area contributed by atoms with E-state index in [2.05, 4.69) is 0 Å². The molecule has 0 amide bonds. The monoisotopic (exact) mass is 588 g/mol. The molecule has 1 saturated carbocycles. The van der Waals surface area contributed by atoms with Crippen LogP contribution in [0.1, 0.15) is 41.0 Å². The van der Waals surface area contributed by atoms with Gasteiger partial charge in [-0.3, -0.25) is 33.6 Å². The van der Waals surface area contributed by atoms with Gasteiger partial charge in [-0.2, -0.15) is 0 Å².